The van der Waals surface area contributed by atoms with E-state index in [2.05, 4.69) is 20.7 Å². The summed E-state index contributed by atoms with van der Waals surface area (Å²) < 4.78 is 28.3. The summed E-state index contributed by atoms with van der Waals surface area (Å²) in [4.78, 5) is 0.270. The standard InChI is InChI=1S/C15H22BrNO3S/c1-12-9-13(5-6-14(12)16)21(19,20)17-10-15(11-18)7-3-2-4-8-15/h5-6,9,17-18H,2-4,7-8,10-11H2,1H3. The highest BCUT2D eigenvalue weighted by molar-refractivity contribution is 9.10. The van der Waals surface area contributed by atoms with E-state index in [4.69, 9.17) is 0 Å². The van der Waals surface area contributed by atoms with Crippen molar-refractivity contribution in [3.63, 3.8) is 0 Å². The molecule has 0 spiro atoms. The zero-order valence-electron chi connectivity index (χ0n) is 12.2. The summed E-state index contributed by atoms with van der Waals surface area (Å²) in [7, 11) is -3.53. The molecule has 6 heteroatoms. The van der Waals surface area contributed by atoms with Gasteiger partial charge >= 0.3 is 0 Å². The van der Waals surface area contributed by atoms with Crippen molar-refractivity contribution in [3.05, 3.63) is 28.2 Å². The Hall–Kier alpha value is -0.430. The number of aliphatic hydroxyl groups is 1. The van der Waals surface area contributed by atoms with Crippen LogP contribution in [-0.4, -0.2) is 26.7 Å². The summed E-state index contributed by atoms with van der Waals surface area (Å²) in [5.74, 6) is 0. The lowest BCUT2D eigenvalue weighted by atomic mass is 9.75. The Morgan fingerprint density at radius 2 is 1.95 bits per heavy atom. The molecule has 0 bridgehead atoms. The van der Waals surface area contributed by atoms with Crippen LogP contribution in [0.15, 0.2) is 27.6 Å². The molecule has 1 saturated carbocycles. The van der Waals surface area contributed by atoms with E-state index >= 15 is 0 Å². The maximum Gasteiger partial charge on any atom is 0.240 e. The lowest BCUT2D eigenvalue weighted by Gasteiger charge is -2.35. The Balaban J connectivity index is 2.11. The molecular weight excluding hydrogens is 354 g/mol. The molecule has 0 radical (unpaired) electrons. The molecule has 4 nitrogen and oxygen atoms in total. The van der Waals surface area contributed by atoms with E-state index in [-0.39, 0.29) is 16.9 Å². The average molecular weight is 376 g/mol. The van der Waals surface area contributed by atoms with E-state index in [1.807, 2.05) is 6.92 Å². The molecular formula is C15H22BrNO3S. The number of nitrogens with one attached hydrogen (secondary N) is 1. The van der Waals surface area contributed by atoms with Crippen molar-refractivity contribution >= 4 is 26.0 Å². The molecule has 1 aliphatic carbocycles. The summed E-state index contributed by atoms with van der Waals surface area (Å²) in [6.45, 7) is 2.20. The highest BCUT2D eigenvalue weighted by Gasteiger charge is 2.32. The first-order valence-electron chi connectivity index (χ1n) is 7.25. The molecule has 21 heavy (non-hydrogen) atoms. The zero-order valence-corrected chi connectivity index (χ0v) is 14.6. The van der Waals surface area contributed by atoms with Crippen LogP contribution >= 0.6 is 15.9 Å². The highest BCUT2D eigenvalue weighted by Crippen LogP contribution is 2.35. The van der Waals surface area contributed by atoms with Gasteiger partial charge in [-0.25, -0.2) is 13.1 Å². The molecule has 0 unspecified atom stereocenters. The van der Waals surface area contributed by atoms with Crippen molar-refractivity contribution in [1.82, 2.24) is 4.72 Å². The largest absolute Gasteiger partial charge is 0.396 e. The Bertz CT molecular complexity index is 595. The molecule has 0 amide bonds. The van der Waals surface area contributed by atoms with Crippen molar-refractivity contribution in [3.8, 4) is 0 Å². The predicted octanol–water partition coefficient (Wildman–Crippen LogP) is 2.98. The lowest BCUT2D eigenvalue weighted by molar-refractivity contribution is 0.0867. The van der Waals surface area contributed by atoms with Crippen molar-refractivity contribution in [2.45, 2.75) is 43.9 Å². The maximum absolute atomic E-state index is 12.4. The molecule has 0 atom stereocenters. The van der Waals surface area contributed by atoms with Crippen LogP contribution in [0.4, 0.5) is 0 Å². The van der Waals surface area contributed by atoms with E-state index in [1.165, 1.54) is 6.42 Å². The first-order valence-corrected chi connectivity index (χ1v) is 9.53. The normalized spacial score (nSPS) is 18.6. The molecule has 0 saturated heterocycles. The minimum atomic E-state index is -3.53. The molecule has 1 aromatic carbocycles. The van der Waals surface area contributed by atoms with E-state index in [9.17, 15) is 13.5 Å². The molecule has 1 aromatic rings. The topological polar surface area (TPSA) is 66.4 Å². The molecule has 0 aliphatic heterocycles. The van der Waals surface area contributed by atoms with Crippen molar-refractivity contribution in [2.24, 2.45) is 5.41 Å². The number of hydrogen-bond donors (Lipinski definition) is 2. The molecule has 0 aromatic heterocycles. The van der Waals surface area contributed by atoms with Crippen LogP contribution in [0.5, 0.6) is 0 Å². The van der Waals surface area contributed by atoms with Crippen molar-refractivity contribution < 1.29 is 13.5 Å². The summed E-state index contributed by atoms with van der Waals surface area (Å²) in [5.41, 5.74) is 0.586. The third-order valence-electron chi connectivity index (χ3n) is 4.33. The SMILES string of the molecule is Cc1cc(S(=O)(=O)NCC2(CO)CCCCC2)ccc1Br. The maximum atomic E-state index is 12.4. The fourth-order valence-electron chi connectivity index (χ4n) is 2.81. The molecule has 118 valence electrons. The molecule has 2 N–H and O–H groups in total. The van der Waals surface area contributed by atoms with Gasteiger partial charge in [-0.05, 0) is 43.5 Å². The Labute approximate surface area is 135 Å². The number of hydrogen-bond acceptors (Lipinski definition) is 3. The number of sulfonamides is 1. The number of aliphatic hydroxyl groups excluding tert-OH is 1. The average Bonchev–Trinajstić information content (AvgIpc) is 2.49. The van der Waals surface area contributed by atoms with Gasteiger partial charge in [0.15, 0.2) is 0 Å². The summed E-state index contributed by atoms with van der Waals surface area (Å²) in [5, 5.41) is 9.65. The van der Waals surface area contributed by atoms with Crippen LogP contribution in [0.1, 0.15) is 37.7 Å². The number of benzene rings is 1. The van der Waals surface area contributed by atoms with Crippen LogP contribution in [0.25, 0.3) is 0 Å². The van der Waals surface area contributed by atoms with Crippen molar-refractivity contribution in [1.29, 1.82) is 0 Å². The monoisotopic (exact) mass is 375 g/mol. The second-order valence-corrected chi connectivity index (χ2v) is 8.58. The summed E-state index contributed by atoms with van der Waals surface area (Å²) >= 11 is 3.37. The minimum absolute atomic E-state index is 0.0366. The second-order valence-electron chi connectivity index (χ2n) is 5.95. The predicted molar refractivity (Wildman–Crippen MR) is 86.7 cm³/mol. The number of aryl methyl sites for hydroxylation is 1. The Kier molecular flexibility index (Phi) is 5.46. The number of halogens is 1. The van der Waals surface area contributed by atoms with Gasteiger partial charge < -0.3 is 5.11 Å². The smallest absolute Gasteiger partial charge is 0.240 e. The van der Waals surface area contributed by atoms with Gasteiger partial charge in [-0.1, -0.05) is 35.2 Å². The molecule has 2 rings (SSSR count). The third-order valence-corrected chi connectivity index (χ3v) is 6.62. The van der Waals surface area contributed by atoms with E-state index < -0.39 is 10.0 Å². The van der Waals surface area contributed by atoms with Crippen LogP contribution in [0.3, 0.4) is 0 Å². The summed E-state index contributed by atoms with van der Waals surface area (Å²) in [6.07, 6.45) is 5.04. The van der Waals surface area contributed by atoms with Gasteiger partial charge in [-0.3, -0.25) is 0 Å². The zero-order chi connectivity index (χ0) is 15.5. The second kappa shape index (κ2) is 6.77. The van der Waals surface area contributed by atoms with Crippen LogP contribution < -0.4 is 4.72 Å². The van der Waals surface area contributed by atoms with Gasteiger partial charge in [-0.2, -0.15) is 0 Å². The highest BCUT2D eigenvalue weighted by atomic mass is 79.9. The molecule has 1 aliphatic rings. The molecule has 1 fully saturated rings. The quantitative estimate of drug-likeness (QED) is 0.830. The fourth-order valence-corrected chi connectivity index (χ4v) is 4.30. The minimum Gasteiger partial charge on any atom is -0.396 e. The van der Waals surface area contributed by atoms with Crippen molar-refractivity contribution in [2.75, 3.05) is 13.2 Å². The Morgan fingerprint density at radius 1 is 1.29 bits per heavy atom. The van der Waals surface area contributed by atoms with E-state index in [0.717, 1.165) is 35.7 Å². The van der Waals surface area contributed by atoms with Gasteiger partial charge in [0.2, 0.25) is 10.0 Å². The van der Waals surface area contributed by atoms with Crippen LogP contribution in [-0.2, 0) is 10.0 Å². The van der Waals surface area contributed by atoms with E-state index in [1.54, 1.807) is 18.2 Å². The first-order chi connectivity index (χ1) is 9.88. The van der Waals surface area contributed by atoms with Gasteiger partial charge in [0.05, 0.1) is 4.90 Å². The lowest BCUT2D eigenvalue weighted by Crippen LogP contribution is -2.41. The van der Waals surface area contributed by atoms with Crippen LogP contribution in [0, 0.1) is 12.3 Å². The summed E-state index contributed by atoms with van der Waals surface area (Å²) in [6, 6.07) is 4.98. The molecule has 0 heterocycles. The van der Waals surface area contributed by atoms with Gasteiger partial charge in [0.1, 0.15) is 0 Å². The van der Waals surface area contributed by atoms with Gasteiger partial charge in [-0.15, -0.1) is 0 Å². The van der Waals surface area contributed by atoms with Gasteiger partial charge in [0.25, 0.3) is 0 Å². The van der Waals surface area contributed by atoms with Gasteiger partial charge in [0, 0.05) is 23.0 Å². The fraction of sp³-hybridized carbons (Fsp3) is 0.600. The van der Waals surface area contributed by atoms with Crippen LogP contribution in [0.2, 0.25) is 0 Å². The third kappa shape index (κ3) is 4.06. The first kappa shape index (κ1) is 16.9. The number of rotatable bonds is 5. The Morgan fingerprint density at radius 3 is 2.52 bits per heavy atom. The van der Waals surface area contributed by atoms with E-state index in [0.29, 0.717) is 6.54 Å².